The van der Waals surface area contributed by atoms with Crippen LogP contribution in [0.3, 0.4) is 0 Å². The van der Waals surface area contributed by atoms with Crippen LogP contribution < -0.4 is 10.2 Å². The zero-order valence-corrected chi connectivity index (χ0v) is 10.6. The van der Waals surface area contributed by atoms with Gasteiger partial charge in [-0.15, -0.1) is 0 Å². The van der Waals surface area contributed by atoms with Crippen LogP contribution in [0.1, 0.15) is 24.9 Å². The number of anilines is 1. The SMILES string of the molecule is CCCNC(c1ccc(N(C)C)cc1)C(F)F. The van der Waals surface area contributed by atoms with Crippen molar-refractivity contribution in [3.05, 3.63) is 29.8 Å². The van der Waals surface area contributed by atoms with Crippen LogP contribution in [0, 0.1) is 0 Å². The van der Waals surface area contributed by atoms with Gasteiger partial charge in [-0.05, 0) is 30.7 Å². The Morgan fingerprint density at radius 3 is 2.18 bits per heavy atom. The second kappa shape index (κ2) is 6.55. The molecule has 1 aromatic rings. The number of rotatable bonds is 6. The van der Waals surface area contributed by atoms with E-state index in [1.54, 1.807) is 12.1 Å². The largest absolute Gasteiger partial charge is 0.378 e. The Morgan fingerprint density at radius 1 is 1.18 bits per heavy atom. The van der Waals surface area contributed by atoms with Crippen LogP contribution >= 0.6 is 0 Å². The molecule has 0 bridgehead atoms. The van der Waals surface area contributed by atoms with E-state index in [2.05, 4.69) is 5.32 Å². The van der Waals surface area contributed by atoms with Crippen molar-refractivity contribution >= 4 is 5.69 Å². The Hall–Kier alpha value is -1.16. The van der Waals surface area contributed by atoms with Crippen molar-refractivity contribution in [2.24, 2.45) is 0 Å². The maximum absolute atomic E-state index is 12.9. The van der Waals surface area contributed by atoms with Crippen molar-refractivity contribution in [1.29, 1.82) is 0 Å². The highest BCUT2D eigenvalue weighted by molar-refractivity contribution is 5.46. The third kappa shape index (κ3) is 3.97. The zero-order valence-electron chi connectivity index (χ0n) is 10.6. The minimum absolute atomic E-state index is 0.602. The molecule has 0 aromatic heterocycles. The average molecular weight is 242 g/mol. The minimum atomic E-state index is -2.38. The number of hydrogen-bond acceptors (Lipinski definition) is 2. The molecule has 4 heteroatoms. The molecule has 1 N–H and O–H groups in total. The van der Waals surface area contributed by atoms with Crippen molar-refractivity contribution < 1.29 is 8.78 Å². The Balaban J connectivity index is 2.80. The molecule has 0 spiro atoms. The molecular formula is C13H20F2N2. The van der Waals surface area contributed by atoms with Gasteiger partial charge in [0.15, 0.2) is 0 Å². The standard InChI is InChI=1S/C13H20F2N2/c1-4-9-16-12(13(14)15)10-5-7-11(8-6-10)17(2)3/h5-8,12-13,16H,4,9H2,1-3H3. The summed E-state index contributed by atoms with van der Waals surface area (Å²) in [5.41, 5.74) is 1.65. The summed E-state index contributed by atoms with van der Waals surface area (Å²) >= 11 is 0. The number of nitrogens with one attached hydrogen (secondary N) is 1. The van der Waals surface area contributed by atoms with Crippen LogP contribution in [0.2, 0.25) is 0 Å². The summed E-state index contributed by atoms with van der Waals surface area (Å²) in [5, 5.41) is 2.87. The van der Waals surface area contributed by atoms with E-state index in [1.165, 1.54) is 0 Å². The maximum atomic E-state index is 12.9. The summed E-state index contributed by atoms with van der Waals surface area (Å²) in [6.45, 7) is 2.56. The molecule has 0 aliphatic carbocycles. The third-order valence-corrected chi connectivity index (χ3v) is 2.63. The summed E-state index contributed by atoms with van der Waals surface area (Å²) in [4.78, 5) is 1.95. The van der Waals surface area contributed by atoms with Crippen LogP contribution in [-0.4, -0.2) is 27.1 Å². The van der Waals surface area contributed by atoms with Crippen LogP contribution in [0.4, 0.5) is 14.5 Å². The topological polar surface area (TPSA) is 15.3 Å². The van der Waals surface area contributed by atoms with E-state index in [0.29, 0.717) is 12.1 Å². The predicted octanol–water partition coefficient (Wildman–Crippen LogP) is 3.06. The number of nitrogens with zero attached hydrogens (tertiary/aromatic N) is 1. The maximum Gasteiger partial charge on any atom is 0.257 e. The fourth-order valence-electron chi connectivity index (χ4n) is 1.63. The van der Waals surface area contributed by atoms with Crippen LogP contribution in [-0.2, 0) is 0 Å². The van der Waals surface area contributed by atoms with Gasteiger partial charge in [0.1, 0.15) is 0 Å². The molecule has 1 rings (SSSR count). The lowest BCUT2D eigenvalue weighted by atomic mass is 10.1. The first kappa shape index (κ1) is 13.9. The van der Waals surface area contributed by atoms with Gasteiger partial charge in [-0.2, -0.15) is 0 Å². The van der Waals surface area contributed by atoms with Gasteiger partial charge in [-0.1, -0.05) is 19.1 Å². The molecule has 0 aliphatic rings. The Bertz CT molecular complexity index is 323. The smallest absolute Gasteiger partial charge is 0.257 e. The fourth-order valence-corrected chi connectivity index (χ4v) is 1.63. The van der Waals surface area contributed by atoms with Gasteiger partial charge < -0.3 is 10.2 Å². The lowest BCUT2D eigenvalue weighted by Crippen LogP contribution is -2.28. The van der Waals surface area contributed by atoms with Gasteiger partial charge in [-0.25, -0.2) is 8.78 Å². The molecule has 0 saturated heterocycles. The molecule has 1 atom stereocenters. The molecule has 2 nitrogen and oxygen atoms in total. The molecule has 0 fully saturated rings. The van der Waals surface area contributed by atoms with Gasteiger partial charge in [0.25, 0.3) is 6.43 Å². The first-order valence-electron chi connectivity index (χ1n) is 5.85. The second-order valence-corrected chi connectivity index (χ2v) is 4.25. The molecular weight excluding hydrogens is 222 g/mol. The summed E-state index contributed by atoms with van der Waals surface area (Å²) in [6, 6.07) is 6.37. The van der Waals surface area contributed by atoms with E-state index in [1.807, 2.05) is 38.1 Å². The monoisotopic (exact) mass is 242 g/mol. The van der Waals surface area contributed by atoms with Crippen molar-refractivity contribution in [1.82, 2.24) is 5.32 Å². The van der Waals surface area contributed by atoms with Crippen LogP contribution in [0.25, 0.3) is 0 Å². The number of halogens is 2. The third-order valence-electron chi connectivity index (χ3n) is 2.63. The van der Waals surface area contributed by atoms with E-state index in [-0.39, 0.29) is 0 Å². The Morgan fingerprint density at radius 2 is 1.76 bits per heavy atom. The Kier molecular flexibility index (Phi) is 5.35. The highest BCUT2D eigenvalue weighted by atomic mass is 19.3. The van der Waals surface area contributed by atoms with Crippen LogP contribution in [0.5, 0.6) is 0 Å². The fraction of sp³-hybridized carbons (Fsp3) is 0.538. The highest BCUT2D eigenvalue weighted by Gasteiger charge is 2.21. The summed E-state index contributed by atoms with van der Waals surface area (Å²) in [5.74, 6) is 0. The molecule has 96 valence electrons. The number of hydrogen-bond donors (Lipinski definition) is 1. The average Bonchev–Trinajstić information content (AvgIpc) is 2.29. The van der Waals surface area contributed by atoms with Gasteiger partial charge in [-0.3, -0.25) is 0 Å². The Labute approximate surface area is 102 Å². The number of benzene rings is 1. The quantitative estimate of drug-likeness (QED) is 0.824. The van der Waals surface area contributed by atoms with Gasteiger partial charge in [0.05, 0.1) is 6.04 Å². The van der Waals surface area contributed by atoms with Crippen molar-refractivity contribution in [2.75, 3.05) is 25.5 Å². The molecule has 0 heterocycles. The molecule has 0 aliphatic heterocycles. The van der Waals surface area contributed by atoms with Gasteiger partial charge >= 0.3 is 0 Å². The van der Waals surface area contributed by atoms with E-state index >= 15 is 0 Å². The van der Waals surface area contributed by atoms with Gasteiger partial charge in [0.2, 0.25) is 0 Å². The molecule has 17 heavy (non-hydrogen) atoms. The van der Waals surface area contributed by atoms with Crippen molar-refractivity contribution in [2.45, 2.75) is 25.8 Å². The first-order chi connectivity index (χ1) is 8.06. The molecule has 1 aromatic carbocycles. The molecule has 0 amide bonds. The van der Waals surface area contributed by atoms with Gasteiger partial charge in [0, 0.05) is 19.8 Å². The number of alkyl halides is 2. The summed E-state index contributed by atoms with van der Waals surface area (Å²) in [7, 11) is 3.85. The molecule has 0 radical (unpaired) electrons. The normalized spacial score (nSPS) is 12.8. The van der Waals surface area contributed by atoms with E-state index in [4.69, 9.17) is 0 Å². The van der Waals surface area contributed by atoms with E-state index < -0.39 is 12.5 Å². The van der Waals surface area contributed by atoms with Crippen molar-refractivity contribution in [3.8, 4) is 0 Å². The lowest BCUT2D eigenvalue weighted by Gasteiger charge is -2.19. The summed E-state index contributed by atoms with van der Waals surface area (Å²) < 4.78 is 25.8. The lowest BCUT2D eigenvalue weighted by molar-refractivity contribution is 0.0985. The van der Waals surface area contributed by atoms with Crippen LogP contribution in [0.15, 0.2) is 24.3 Å². The summed E-state index contributed by atoms with van der Waals surface area (Å²) in [6.07, 6.45) is -1.54. The first-order valence-corrected chi connectivity index (χ1v) is 5.85. The highest BCUT2D eigenvalue weighted by Crippen LogP contribution is 2.23. The van der Waals surface area contributed by atoms with E-state index in [9.17, 15) is 8.78 Å². The second-order valence-electron chi connectivity index (χ2n) is 4.25. The predicted molar refractivity (Wildman–Crippen MR) is 67.8 cm³/mol. The molecule has 0 saturated carbocycles. The zero-order chi connectivity index (χ0) is 12.8. The molecule has 1 unspecified atom stereocenters. The minimum Gasteiger partial charge on any atom is -0.378 e. The van der Waals surface area contributed by atoms with Crippen molar-refractivity contribution in [3.63, 3.8) is 0 Å². The van der Waals surface area contributed by atoms with E-state index in [0.717, 1.165) is 12.1 Å².